The molecule has 1 fully saturated rings. The molecule has 0 bridgehead atoms. The Hall–Kier alpha value is -1.64. The van der Waals surface area contributed by atoms with Crippen LogP contribution < -0.4 is 0 Å². The smallest absolute Gasteiger partial charge is 0.0950 e. The first-order valence-corrected chi connectivity index (χ1v) is 7.35. The number of hydrogen-bond acceptors (Lipinski definition) is 2. The van der Waals surface area contributed by atoms with Crippen molar-refractivity contribution in [3.05, 3.63) is 71.8 Å². The number of benzene rings is 2. The van der Waals surface area contributed by atoms with E-state index < -0.39 is 5.54 Å². The monoisotopic (exact) mass is 267 g/mol. The molecule has 0 atom stereocenters. The number of nitrogens with zero attached hydrogens (tertiary/aromatic N) is 1. The fourth-order valence-corrected chi connectivity index (χ4v) is 3.34. The molecule has 0 unspecified atom stereocenters. The molecule has 2 heteroatoms. The number of rotatable bonds is 4. The molecule has 2 nitrogen and oxygen atoms in total. The molecule has 20 heavy (non-hydrogen) atoms. The lowest BCUT2D eigenvalue weighted by Gasteiger charge is -2.41. The SMILES string of the molecule is OCC(c1ccccc1)(c1ccccc1)N1CCCC1. The largest absolute Gasteiger partial charge is 0.394 e. The summed E-state index contributed by atoms with van der Waals surface area (Å²) in [4.78, 5) is 2.43. The summed E-state index contributed by atoms with van der Waals surface area (Å²) < 4.78 is 0. The summed E-state index contributed by atoms with van der Waals surface area (Å²) in [6.45, 7) is 2.20. The van der Waals surface area contributed by atoms with Crippen LogP contribution in [-0.2, 0) is 5.54 Å². The van der Waals surface area contributed by atoms with Gasteiger partial charge in [0.15, 0.2) is 0 Å². The van der Waals surface area contributed by atoms with Gasteiger partial charge in [-0.15, -0.1) is 0 Å². The Balaban J connectivity index is 2.15. The van der Waals surface area contributed by atoms with Gasteiger partial charge >= 0.3 is 0 Å². The van der Waals surface area contributed by atoms with E-state index >= 15 is 0 Å². The predicted octanol–water partition coefficient (Wildman–Crippen LogP) is 3.02. The van der Waals surface area contributed by atoms with Crippen LogP contribution >= 0.6 is 0 Å². The van der Waals surface area contributed by atoms with Crippen molar-refractivity contribution in [1.82, 2.24) is 4.90 Å². The summed E-state index contributed by atoms with van der Waals surface area (Å²) in [5.41, 5.74) is 1.95. The molecule has 3 rings (SSSR count). The van der Waals surface area contributed by atoms with E-state index in [1.807, 2.05) is 12.1 Å². The molecule has 1 N–H and O–H groups in total. The van der Waals surface area contributed by atoms with Gasteiger partial charge in [-0.2, -0.15) is 0 Å². The van der Waals surface area contributed by atoms with Crippen LogP contribution in [-0.4, -0.2) is 29.7 Å². The first kappa shape index (κ1) is 13.3. The molecule has 0 aliphatic carbocycles. The van der Waals surface area contributed by atoms with E-state index in [1.165, 1.54) is 24.0 Å². The van der Waals surface area contributed by atoms with Gasteiger partial charge < -0.3 is 5.11 Å². The fourth-order valence-electron chi connectivity index (χ4n) is 3.34. The zero-order valence-electron chi connectivity index (χ0n) is 11.7. The third-order valence-electron chi connectivity index (χ3n) is 4.38. The van der Waals surface area contributed by atoms with Crippen LogP contribution in [0, 0.1) is 0 Å². The molecular weight excluding hydrogens is 246 g/mol. The quantitative estimate of drug-likeness (QED) is 0.920. The van der Waals surface area contributed by atoms with E-state index in [1.54, 1.807) is 0 Å². The van der Waals surface area contributed by atoms with Gasteiger partial charge in [0.25, 0.3) is 0 Å². The van der Waals surface area contributed by atoms with E-state index in [9.17, 15) is 5.11 Å². The van der Waals surface area contributed by atoms with Gasteiger partial charge in [-0.3, -0.25) is 4.90 Å². The Morgan fingerprint density at radius 3 is 1.65 bits per heavy atom. The minimum atomic E-state index is -0.404. The van der Waals surface area contributed by atoms with Crippen LogP contribution in [0.3, 0.4) is 0 Å². The molecule has 1 heterocycles. The van der Waals surface area contributed by atoms with Crippen molar-refractivity contribution in [3.63, 3.8) is 0 Å². The second-order valence-electron chi connectivity index (χ2n) is 5.44. The first-order chi connectivity index (χ1) is 9.88. The average Bonchev–Trinajstić information content (AvgIpc) is 3.06. The minimum absolute atomic E-state index is 0.112. The standard InChI is InChI=1S/C18H21NO/c20-15-18(19-13-7-8-14-19,16-9-3-1-4-10-16)17-11-5-2-6-12-17/h1-6,9-12,20H,7-8,13-15H2. The van der Waals surface area contributed by atoms with Gasteiger partial charge in [-0.05, 0) is 37.1 Å². The number of aliphatic hydroxyl groups excluding tert-OH is 1. The van der Waals surface area contributed by atoms with Crippen LogP contribution in [0.25, 0.3) is 0 Å². The second kappa shape index (κ2) is 5.78. The van der Waals surface area contributed by atoms with E-state index in [0.717, 1.165) is 13.1 Å². The molecule has 104 valence electrons. The Bertz CT molecular complexity index is 492. The number of hydrogen-bond donors (Lipinski definition) is 1. The normalized spacial score (nSPS) is 16.4. The molecule has 0 amide bonds. The Kier molecular flexibility index (Phi) is 3.86. The van der Waals surface area contributed by atoms with Crippen molar-refractivity contribution in [2.24, 2.45) is 0 Å². The van der Waals surface area contributed by atoms with Gasteiger partial charge in [0.05, 0.1) is 12.1 Å². The van der Waals surface area contributed by atoms with Gasteiger partial charge in [0.1, 0.15) is 0 Å². The molecule has 1 saturated heterocycles. The lowest BCUT2D eigenvalue weighted by molar-refractivity contribution is 0.0780. The van der Waals surface area contributed by atoms with Crippen molar-refractivity contribution in [2.45, 2.75) is 18.4 Å². The van der Waals surface area contributed by atoms with Crippen molar-refractivity contribution in [1.29, 1.82) is 0 Å². The molecule has 0 radical (unpaired) electrons. The maximum Gasteiger partial charge on any atom is 0.0950 e. The maximum absolute atomic E-state index is 10.3. The van der Waals surface area contributed by atoms with Crippen molar-refractivity contribution in [2.75, 3.05) is 19.7 Å². The van der Waals surface area contributed by atoms with Crippen LogP contribution in [0.1, 0.15) is 24.0 Å². The Morgan fingerprint density at radius 1 is 0.800 bits per heavy atom. The molecule has 2 aromatic rings. The topological polar surface area (TPSA) is 23.5 Å². The molecule has 2 aromatic carbocycles. The highest BCUT2D eigenvalue weighted by atomic mass is 16.3. The summed E-state index contributed by atoms with van der Waals surface area (Å²) in [5, 5.41) is 10.3. The summed E-state index contributed by atoms with van der Waals surface area (Å²) in [5.74, 6) is 0. The highest BCUT2D eigenvalue weighted by Crippen LogP contribution is 2.37. The van der Waals surface area contributed by atoms with Crippen LogP contribution in [0.15, 0.2) is 60.7 Å². The van der Waals surface area contributed by atoms with Crippen LogP contribution in [0.4, 0.5) is 0 Å². The fraction of sp³-hybridized carbons (Fsp3) is 0.333. The molecule has 0 spiro atoms. The summed E-state index contributed by atoms with van der Waals surface area (Å²) in [6, 6.07) is 20.8. The number of likely N-dealkylation sites (tertiary alicyclic amines) is 1. The highest BCUT2D eigenvalue weighted by Gasteiger charge is 2.40. The maximum atomic E-state index is 10.3. The highest BCUT2D eigenvalue weighted by molar-refractivity contribution is 5.39. The molecular formula is C18H21NO. The van der Waals surface area contributed by atoms with Gasteiger partial charge in [-0.1, -0.05) is 60.7 Å². The van der Waals surface area contributed by atoms with E-state index in [-0.39, 0.29) is 6.61 Å². The van der Waals surface area contributed by atoms with Crippen LogP contribution in [0.2, 0.25) is 0 Å². The minimum Gasteiger partial charge on any atom is -0.394 e. The lowest BCUT2D eigenvalue weighted by atomic mass is 9.82. The number of aliphatic hydroxyl groups is 1. The van der Waals surface area contributed by atoms with Gasteiger partial charge in [0.2, 0.25) is 0 Å². The van der Waals surface area contributed by atoms with Crippen molar-refractivity contribution in [3.8, 4) is 0 Å². The summed E-state index contributed by atoms with van der Waals surface area (Å²) in [7, 11) is 0. The summed E-state index contributed by atoms with van der Waals surface area (Å²) in [6.07, 6.45) is 2.42. The molecule has 1 aliphatic heterocycles. The zero-order valence-corrected chi connectivity index (χ0v) is 11.7. The van der Waals surface area contributed by atoms with E-state index in [0.29, 0.717) is 0 Å². The Morgan fingerprint density at radius 2 is 1.25 bits per heavy atom. The zero-order chi connectivity index (χ0) is 13.8. The van der Waals surface area contributed by atoms with Crippen molar-refractivity contribution < 1.29 is 5.11 Å². The van der Waals surface area contributed by atoms with E-state index in [4.69, 9.17) is 0 Å². The Labute approximate surface area is 120 Å². The molecule has 1 aliphatic rings. The van der Waals surface area contributed by atoms with Crippen LogP contribution in [0.5, 0.6) is 0 Å². The van der Waals surface area contributed by atoms with Crippen molar-refractivity contribution >= 4 is 0 Å². The molecule has 0 saturated carbocycles. The average molecular weight is 267 g/mol. The third kappa shape index (κ3) is 2.15. The lowest BCUT2D eigenvalue weighted by Crippen LogP contribution is -2.48. The van der Waals surface area contributed by atoms with Gasteiger partial charge in [0, 0.05) is 0 Å². The first-order valence-electron chi connectivity index (χ1n) is 7.35. The summed E-state index contributed by atoms with van der Waals surface area (Å²) >= 11 is 0. The third-order valence-corrected chi connectivity index (χ3v) is 4.38. The second-order valence-corrected chi connectivity index (χ2v) is 5.44. The van der Waals surface area contributed by atoms with E-state index in [2.05, 4.69) is 53.4 Å². The molecule has 0 aromatic heterocycles. The predicted molar refractivity (Wildman–Crippen MR) is 81.6 cm³/mol. The van der Waals surface area contributed by atoms with Gasteiger partial charge in [-0.25, -0.2) is 0 Å².